The zero-order valence-corrected chi connectivity index (χ0v) is 13.7. The van der Waals surface area contributed by atoms with Crippen LogP contribution in [0.2, 0.25) is 0 Å². The average Bonchev–Trinajstić information content (AvgIpc) is 3.05. The van der Waals surface area contributed by atoms with Gasteiger partial charge >= 0.3 is 0 Å². The van der Waals surface area contributed by atoms with Crippen molar-refractivity contribution in [2.45, 2.75) is 6.92 Å². The lowest BCUT2D eigenvalue weighted by Gasteiger charge is -2.08. The monoisotopic (exact) mass is 333 g/mol. The highest BCUT2D eigenvalue weighted by atomic mass is 16.5. The molecule has 124 valence electrons. The van der Waals surface area contributed by atoms with Crippen molar-refractivity contribution in [3.05, 3.63) is 48.9 Å². The summed E-state index contributed by atoms with van der Waals surface area (Å²) in [6.45, 7) is 1.83. The molecule has 0 saturated carbocycles. The molecule has 0 bridgehead atoms. The zero-order chi connectivity index (χ0) is 17.4. The van der Waals surface area contributed by atoms with Crippen LogP contribution in [0.5, 0.6) is 5.75 Å². The summed E-state index contributed by atoms with van der Waals surface area (Å²) < 4.78 is 7.09. The van der Waals surface area contributed by atoms with Gasteiger partial charge in [-0.3, -0.25) is 9.55 Å². The lowest BCUT2D eigenvalue weighted by Crippen LogP contribution is -2.01. The molecule has 0 saturated heterocycles. The summed E-state index contributed by atoms with van der Waals surface area (Å²) in [6, 6.07) is 5.55. The first-order chi connectivity index (χ1) is 12.2. The summed E-state index contributed by atoms with van der Waals surface area (Å²) in [5.74, 6) is 1.67. The quantitative estimate of drug-likeness (QED) is 0.612. The number of aromatic nitrogens is 6. The van der Waals surface area contributed by atoms with Gasteiger partial charge in [0.1, 0.15) is 34.9 Å². The smallest absolute Gasteiger partial charge is 0.168 e. The molecular weight excluding hydrogens is 318 g/mol. The minimum Gasteiger partial charge on any atom is -0.495 e. The first kappa shape index (κ1) is 15.0. The second kappa shape index (κ2) is 5.82. The van der Waals surface area contributed by atoms with E-state index in [1.165, 1.54) is 0 Å². The fourth-order valence-electron chi connectivity index (χ4n) is 2.65. The number of methoxy groups -OCH3 is 1. The molecule has 4 heterocycles. The minimum atomic E-state index is 0.402. The molecule has 4 rings (SSSR count). The van der Waals surface area contributed by atoms with Crippen LogP contribution >= 0.6 is 0 Å². The van der Waals surface area contributed by atoms with Crippen LogP contribution in [-0.4, -0.2) is 36.6 Å². The Kier molecular flexibility index (Phi) is 3.50. The molecule has 0 unspecified atom stereocenters. The predicted molar refractivity (Wildman–Crippen MR) is 93.4 cm³/mol. The molecule has 0 atom stereocenters. The Balaban J connectivity index is 1.97. The topological polar surface area (TPSA) is 105 Å². The van der Waals surface area contributed by atoms with Crippen molar-refractivity contribution in [2.75, 3.05) is 12.8 Å². The maximum absolute atomic E-state index is 6.02. The number of anilines is 1. The highest BCUT2D eigenvalue weighted by Gasteiger charge is 2.16. The van der Waals surface area contributed by atoms with Gasteiger partial charge in [-0.05, 0) is 19.1 Å². The first-order valence-electron chi connectivity index (χ1n) is 7.59. The Bertz CT molecular complexity index is 1070. The molecule has 8 heteroatoms. The number of pyridine rings is 2. The molecule has 8 nitrogen and oxygen atoms in total. The van der Waals surface area contributed by atoms with E-state index in [1.807, 2.05) is 29.7 Å². The lowest BCUT2D eigenvalue weighted by atomic mass is 10.1. The zero-order valence-electron chi connectivity index (χ0n) is 13.7. The molecule has 0 aliphatic rings. The molecule has 0 aliphatic heterocycles. The Morgan fingerprint density at radius 3 is 2.84 bits per heavy atom. The van der Waals surface area contributed by atoms with Gasteiger partial charge in [-0.1, -0.05) is 0 Å². The van der Waals surface area contributed by atoms with Gasteiger partial charge in [-0.15, -0.1) is 0 Å². The second-order valence-electron chi connectivity index (χ2n) is 5.43. The summed E-state index contributed by atoms with van der Waals surface area (Å²) in [7, 11) is 1.60. The Labute approximate surface area is 143 Å². The number of imidazole rings is 1. The molecule has 0 spiro atoms. The molecular formula is C17H15N7O. The molecule has 0 amide bonds. The van der Waals surface area contributed by atoms with Crippen LogP contribution in [-0.2, 0) is 0 Å². The SMILES string of the molecule is COc1cncc(-n2cnc3c(-c4cccnc4N)nc(C)nc32)c1. The van der Waals surface area contributed by atoms with Crippen molar-refractivity contribution >= 4 is 17.0 Å². The molecule has 0 fully saturated rings. The van der Waals surface area contributed by atoms with Crippen LogP contribution in [0, 0.1) is 6.92 Å². The third-order valence-corrected chi connectivity index (χ3v) is 3.81. The van der Waals surface area contributed by atoms with E-state index in [2.05, 4.69) is 24.9 Å². The number of hydrogen-bond acceptors (Lipinski definition) is 7. The molecule has 4 aromatic heterocycles. The summed E-state index contributed by atoms with van der Waals surface area (Å²) in [4.78, 5) is 21.9. The van der Waals surface area contributed by atoms with Gasteiger partial charge in [0.25, 0.3) is 0 Å². The number of ether oxygens (including phenoxy) is 1. The van der Waals surface area contributed by atoms with Gasteiger partial charge < -0.3 is 10.5 Å². The fraction of sp³-hybridized carbons (Fsp3) is 0.118. The standard InChI is InChI=1S/C17H15N7O/c1-10-22-14(13-4-3-5-20-16(13)18)15-17(23-10)24(9-21-15)11-6-12(25-2)8-19-7-11/h3-9H,1-2H3,(H2,18,20). The van der Waals surface area contributed by atoms with E-state index in [4.69, 9.17) is 10.5 Å². The van der Waals surface area contributed by atoms with Crippen LogP contribution in [0.15, 0.2) is 43.1 Å². The Hall–Kier alpha value is -3.55. The Morgan fingerprint density at radius 2 is 2.04 bits per heavy atom. The highest BCUT2D eigenvalue weighted by molar-refractivity contribution is 5.91. The number of nitrogens with two attached hydrogens (primary N) is 1. The van der Waals surface area contributed by atoms with E-state index in [-0.39, 0.29) is 0 Å². The molecule has 0 aromatic carbocycles. The maximum Gasteiger partial charge on any atom is 0.168 e. The van der Waals surface area contributed by atoms with Crippen LogP contribution < -0.4 is 10.5 Å². The number of fused-ring (bicyclic) bond motifs is 1. The van der Waals surface area contributed by atoms with E-state index in [0.29, 0.717) is 34.2 Å². The highest BCUT2D eigenvalue weighted by Crippen LogP contribution is 2.29. The van der Waals surface area contributed by atoms with E-state index in [0.717, 1.165) is 11.3 Å². The van der Waals surface area contributed by atoms with Crippen molar-refractivity contribution in [3.63, 3.8) is 0 Å². The average molecular weight is 333 g/mol. The molecule has 4 aromatic rings. The van der Waals surface area contributed by atoms with E-state index in [9.17, 15) is 0 Å². The maximum atomic E-state index is 6.02. The van der Waals surface area contributed by atoms with E-state index in [1.54, 1.807) is 32.0 Å². The predicted octanol–water partition coefficient (Wildman–Crippen LogP) is 2.17. The summed E-state index contributed by atoms with van der Waals surface area (Å²) in [6.07, 6.45) is 6.69. The van der Waals surface area contributed by atoms with Gasteiger partial charge in [-0.25, -0.2) is 19.9 Å². The number of nitrogen functional groups attached to an aromatic ring is 1. The normalized spacial score (nSPS) is 11.0. The van der Waals surface area contributed by atoms with Gasteiger partial charge in [0.15, 0.2) is 5.65 Å². The van der Waals surface area contributed by atoms with E-state index < -0.39 is 0 Å². The molecule has 25 heavy (non-hydrogen) atoms. The number of nitrogens with zero attached hydrogens (tertiary/aromatic N) is 6. The van der Waals surface area contributed by atoms with Gasteiger partial charge in [0.05, 0.1) is 25.2 Å². The molecule has 2 N–H and O–H groups in total. The molecule has 0 aliphatic carbocycles. The van der Waals surface area contributed by atoms with Crippen molar-refractivity contribution in [1.82, 2.24) is 29.5 Å². The number of aryl methyl sites for hydroxylation is 1. The third-order valence-electron chi connectivity index (χ3n) is 3.81. The van der Waals surface area contributed by atoms with Gasteiger partial charge in [-0.2, -0.15) is 0 Å². The summed E-state index contributed by atoms with van der Waals surface area (Å²) in [5.41, 5.74) is 9.51. The van der Waals surface area contributed by atoms with Gasteiger partial charge in [0.2, 0.25) is 0 Å². The third kappa shape index (κ3) is 2.53. The van der Waals surface area contributed by atoms with Crippen molar-refractivity contribution in [2.24, 2.45) is 0 Å². The second-order valence-corrected chi connectivity index (χ2v) is 5.43. The Morgan fingerprint density at radius 1 is 1.16 bits per heavy atom. The van der Waals surface area contributed by atoms with Crippen molar-refractivity contribution < 1.29 is 4.74 Å². The first-order valence-corrected chi connectivity index (χ1v) is 7.59. The van der Waals surface area contributed by atoms with Crippen molar-refractivity contribution in [3.8, 4) is 22.7 Å². The van der Waals surface area contributed by atoms with Crippen LogP contribution in [0.3, 0.4) is 0 Å². The summed E-state index contributed by atoms with van der Waals surface area (Å²) >= 11 is 0. The van der Waals surface area contributed by atoms with E-state index >= 15 is 0 Å². The van der Waals surface area contributed by atoms with Crippen LogP contribution in [0.25, 0.3) is 28.1 Å². The lowest BCUT2D eigenvalue weighted by molar-refractivity contribution is 0.412. The van der Waals surface area contributed by atoms with Gasteiger partial charge in [0, 0.05) is 17.8 Å². The van der Waals surface area contributed by atoms with Crippen LogP contribution in [0.4, 0.5) is 5.82 Å². The number of rotatable bonds is 3. The largest absolute Gasteiger partial charge is 0.495 e. The van der Waals surface area contributed by atoms with Crippen molar-refractivity contribution in [1.29, 1.82) is 0 Å². The summed E-state index contributed by atoms with van der Waals surface area (Å²) in [5, 5.41) is 0. The minimum absolute atomic E-state index is 0.402. The molecule has 0 radical (unpaired) electrons. The van der Waals surface area contributed by atoms with Crippen LogP contribution in [0.1, 0.15) is 5.82 Å². The number of hydrogen-bond donors (Lipinski definition) is 1. The fourth-order valence-corrected chi connectivity index (χ4v) is 2.65.